The van der Waals surface area contributed by atoms with Crippen LogP contribution < -0.4 is 0 Å². The number of hydrogen-bond donors (Lipinski definition) is 0. The molecule has 1 aromatic carbocycles. The zero-order valence-electron chi connectivity index (χ0n) is 4.99. The van der Waals surface area contributed by atoms with Crippen LogP contribution in [0.25, 0.3) is 0 Å². The summed E-state index contributed by atoms with van der Waals surface area (Å²) in [6, 6.07) is 4.96. The molecule has 48 valence electrons. The van der Waals surface area contributed by atoms with E-state index in [1.165, 1.54) is 12.1 Å². The zero-order chi connectivity index (χ0) is 6.85. The molecule has 0 fully saturated rings. The minimum Gasteiger partial charge on any atom is -0.207 e. The van der Waals surface area contributed by atoms with Gasteiger partial charge in [-0.2, -0.15) is 0 Å². The summed E-state index contributed by atoms with van der Waals surface area (Å²) in [6.07, 6.45) is 0. The standard InChI is InChI=1S/C7H6FI/c1-5-2-6(8)4-7(9)3-5/h2-4H,1H3. The van der Waals surface area contributed by atoms with Gasteiger partial charge in [0.05, 0.1) is 0 Å². The van der Waals surface area contributed by atoms with Crippen LogP contribution >= 0.6 is 22.6 Å². The summed E-state index contributed by atoms with van der Waals surface area (Å²) in [5.74, 6) is -0.153. The second-order valence-electron chi connectivity index (χ2n) is 1.95. The van der Waals surface area contributed by atoms with E-state index in [2.05, 4.69) is 22.6 Å². The van der Waals surface area contributed by atoms with Crippen LogP contribution in [0.15, 0.2) is 18.2 Å². The minimum absolute atomic E-state index is 0.153. The maximum absolute atomic E-state index is 12.4. The number of rotatable bonds is 0. The molecule has 1 aromatic rings. The normalized spacial score (nSPS) is 9.67. The van der Waals surface area contributed by atoms with Gasteiger partial charge in [-0.25, -0.2) is 4.39 Å². The highest BCUT2D eigenvalue weighted by Gasteiger charge is 1.92. The lowest BCUT2D eigenvalue weighted by atomic mass is 10.2. The van der Waals surface area contributed by atoms with Gasteiger partial charge >= 0.3 is 0 Å². The molecule has 0 saturated carbocycles. The smallest absolute Gasteiger partial charge is 0.124 e. The molecular formula is C7H6FI. The van der Waals surface area contributed by atoms with Crippen molar-refractivity contribution in [3.8, 4) is 0 Å². The quantitative estimate of drug-likeness (QED) is 0.607. The first-order valence-corrected chi connectivity index (χ1v) is 3.69. The minimum atomic E-state index is -0.153. The Morgan fingerprint density at radius 3 is 2.44 bits per heavy atom. The fourth-order valence-electron chi connectivity index (χ4n) is 0.692. The van der Waals surface area contributed by atoms with Crippen LogP contribution in [-0.4, -0.2) is 0 Å². The summed E-state index contributed by atoms with van der Waals surface area (Å²) in [7, 11) is 0. The van der Waals surface area contributed by atoms with Gasteiger partial charge in [0.25, 0.3) is 0 Å². The maximum atomic E-state index is 12.4. The van der Waals surface area contributed by atoms with E-state index in [0.717, 1.165) is 9.13 Å². The van der Waals surface area contributed by atoms with Crippen molar-refractivity contribution in [2.45, 2.75) is 6.92 Å². The van der Waals surface area contributed by atoms with Crippen molar-refractivity contribution in [1.29, 1.82) is 0 Å². The lowest BCUT2D eigenvalue weighted by Crippen LogP contribution is -1.78. The topological polar surface area (TPSA) is 0 Å². The monoisotopic (exact) mass is 236 g/mol. The Bertz CT molecular complexity index is 170. The summed E-state index contributed by atoms with van der Waals surface area (Å²) in [5.41, 5.74) is 0.972. The summed E-state index contributed by atoms with van der Waals surface area (Å²) in [6.45, 7) is 1.88. The molecule has 0 nitrogen and oxygen atoms in total. The predicted molar refractivity (Wildman–Crippen MR) is 43.9 cm³/mol. The van der Waals surface area contributed by atoms with Gasteiger partial charge in [0.15, 0.2) is 0 Å². The van der Waals surface area contributed by atoms with Gasteiger partial charge in [0, 0.05) is 3.57 Å². The van der Waals surface area contributed by atoms with Crippen LogP contribution in [0.1, 0.15) is 5.56 Å². The summed E-state index contributed by atoms with van der Waals surface area (Å²) < 4.78 is 13.4. The van der Waals surface area contributed by atoms with E-state index in [-0.39, 0.29) is 5.82 Å². The third-order valence-electron chi connectivity index (χ3n) is 1.01. The predicted octanol–water partition coefficient (Wildman–Crippen LogP) is 2.74. The van der Waals surface area contributed by atoms with Gasteiger partial charge in [-0.1, -0.05) is 0 Å². The summed E-state index contributed by atoms with van der Waals surface area (Å²) in [4.78, 5) is 0. The Kier molecular flexibility index (Phi) is 2.05. The van der Waals surface area contributed by atoms with Crippen molar-refractivity contribution in [2.75, 3.05) is 0 Å². The molecule has 2 heteroatoms. The van der Waals surface area contributed by atoms with Crippen molar-refractivity contribution < 1.29 is 4.39 Å². The molecule has 9 heavy (non-hydrogen) atoms. The van der Waals surface area contributed by atoms with Gasteiger partial charge in [-0.15, -0.1) is 0 Å². The van der Waals surface area contributed by atoms with E-state index in [1.54, 1.807) is 0 Å². The molecule has 0 spiro atoms. The first-order chi connectivity index (χ1) is 4.18. The molecule has 0 heterocycles. The number of benzene rings is 1. The largest absolute Gasteiger partial charge is 0.207 e. The summed E-state index contributed by atoms with van der Waals surface area (Å²) >= 11 is 2.09. The van der Waals surface area contributed by atoms with Crippen LogP contribution in [-0.2, 0) is 0 Å². The number of hydrogen-bond acceptors (Lipinski definition) is 0. The fourth-order valence-corrected chi connectivity index (χ4v) is 1.48. The van der Waals surface area contributed by atoms with E-state index in [1.807, 2.05) is 13.0 Å². The van der Waals surface area contributed by atoms with Crippen LogP contribution in [0.4, 0.5) is 4.39 Å². The Hall–Kier alpha value is -0.120. The molecule has 0 bridgehead atoms. The molecule has 0 saturated heterocycles. The first-order valence-electron chi connectivity index (χ1n) is 2.61. The van der Waals surface area contributed by atoms with Crippen molar-refractivity contribution >= 4 is 22.6 Å². The SMILES string of the molecule is Cc1cc(F)cc(I)c1. The molecule has 0 aliphatic carbocycles. The van der Waals surface area contributed by atoms with E-state index < -0.39 is 0 Å². The average molecular weight is 236 g/mol. The molecule has 0 radical (unpaired) electrons. The van der Waals surface area contributed by atoms with Gasteiger partial charge in [0.2, 0.25) is 0 Å². The molecule has 0 amide bonds. The molecule has 0 aromatic heterocycles. The maximum Gasteiger partial charge on any atom is 0.124 e. The van der Waals surface area contributed by atoms with Gasteiger partial charge in [-0.05, 0) is 53.3 Å². The fraction of sp³-hybridized carbons (Fsp3) is 0.143. The Morgan fingerprint density at radius 2 is 2.00 bits per heavy atom. The highest BCUT2D eigenvalue weighted by molar-refractivity contribution is 14.1. The number of aryl methyl sites for hydroxylation is 1. The van der Waals surface area contributed by atoms with E-state index in [4.69, 9.17) is 0 Å². The molecule has 0 atom stereocenters. The van der Waals surface area contributed by atoms with E-state index >= 15 is 0 Å². The molecule has 0 unspecified atom stereocenters. The van der Waals surface area contributed by atoms with Crippen molar-refractivity contribution in [3.63, 3.8) is 0 Å². The molecule has 0 aliphatic rings. The molecule has 1 rings (SSSR count). The first kappa shape index (κ1) is 6.99. The lowest BCUT2D eigenvalue weighted by molar-refractivity contribution is 0.625. The Morgan fingerprint density at radius 1 is 1.33 bits per heavy atom. The van der Waals surface area contributed by atoms with E-state index in [9.17, 15) is 4.39 Å². The zero-order valence-corrected chi connectivity index (χ0v) is 7.15. The van der Waals surface area contributed by atoms with Crippen LogP contribution in [0, 0.1) is 16.3 Å². The highest BCUT2D eigenvalue weighted by Crippen LogP contribution is 2.09. The lowest BCUT2D eigenvalue weighted by Gasteiger charge is -1.92. The van der Waals surface area contributed by atoms with Crippen molar-refractivity contribution in [1.82, 2.24) is 0 Å². The van der Waals surface area contributed by atoms with Crippen LogP contribution in [0.3, 0.4) is 0 Å². The second kappa shape index (κ2) is 2.64. The summed E-state index contributed by atoms with van der Waals surface area (Å²) in [5, 5.41) is 0. The van der Waals surface area contributed by atoms with Crippen molar-refractivity contribution in [2.24, 2.45) is 0 Å². The number of halogens is 2. The van der Waals surface area contributed by atoms with Gasteiger partial charge in [0.1, 0.15) is 5.82 Å². The average Bonchev–Trinajstić information content (AvgIpc) is 1.59. The van der Waals surface area contributed by atoms with Crippen molar-refractivity contribution in [3.05, 3.63) is 33.1 Å². The van der Waals surface area contributed by atoms with Gasteiger partial charge in [-0.3, -0.25) is 0 Å². The third kappa shape index (κ3) is 1.93. The molecular weight excluding hydrogens is 230 g/mol. The van der Waals surface area contributed by atoms with Gasteiger partial charge < -0.3 is 0 Å². The Labute approximate surface area is 67.2 Å². The van der Waals surface area contributed by atoms with Crippen LogP contribution in [0.5, 0.6) is 0 Å². The van der Waals surface area contributed by atoms with E-state index in [0.29, 0.717) is 0 Å². The molecule has 0 N–H and O–H groups in total. The third-order valence-corrected chi connectivity index (χ3v) is 1.63. The Balaban J connectivity index is 3.17. The molecule has 0 aliphatic heterocycles. The second-order valence-corrected chi connectivity index (χ2v) is 3.19. The van der Waals surface area contributed by atoms with Crippen LogP contribution in [0.2, 0.25) is 0 Å². The highest BCUT2D eigenvalue weighted by atomic mass is 127.